The highest BCUT2D eigenvalue weighted by Gasteiger charge is 2.54. The molecule has 5 unspecified atom stereocenters. The van der Waals surface area contributed by atoms with Gasteiger partial charge in [0, 0.05) is 44.9 Å². The quantitative estimate of drug-likeness (QED) is 0.158. The molecule has 4 nitrogen and oxygen atoms in total. The summed E-state index contributed by atoms with van der Waals surface area (Å²) in [5, 5.41) is 1.09. The van der Waals surface area contributed by atoms with Crippen molar-refractivity contribution in [3.05, 3.63) is 191 Å². The largest absolute Gasteiger partial charge is 0.456 e. The molecule has 0 aliphatic heterocycles. The number of benzene rings is 5. The van der Waals surface area contributed by atoms with E-state index in [1.807, 2.05) is 30.3 Å². The predicted molar refractivity (Wildman–Crippen MR) is 243 cm³/mol. The van der Waals surface area contributed by atoms with Gasteiger partial charge >= 0.3 is 0 Å². The molecule has 2 bridgehead atoms. The molecule has 0 N–H and O–H groups in total. The predicted octanol–water partition coefficient (Wildman–Crippen LogP) is 14.0. The lowest BCUT2D eigenvalue weighted by atomic mass is 9.57. The van der Waals surface area contributed by atoms with Crippen LogP contribution in [0.4, 0.5) is 0 Å². The molecule has 4 heteroatoms. The second kappa shape index (κ2) is 14.1. The van der Waals surface area contributed by atoms with Crippen molar-refractivity contribution in [2.75, 3.05) is 0 Å². The zero-order valence-electron chi connectivity index (χ0n) is 34.0. The van der Waals surface area contributed by atoms with E-state index in [0.717, 1.165) is 57.7 Å². The number of aryl methyl sites for hydroxylation is 1. The van der Waals surface area contributed by atoms with E-state index >= 15 is 0 Å². The molecule has 0 radical (unpaired) electrons. The summed E-state index contributed by atoms with van der Waals surface area (Å²) in [5.41, 5.74) is 15.1. The van der Waals surface area contributed by atoms with Crippen molar-refractivity contribution in [1.29, 1.82) is 0 Å². The molecule has 60 heavy (non-hydrogen) atoms. The molecule has 12 rings (SSSR count). The van der Waals surface area contributed by atoms with E-state index in [0.29, 0.717) is 29.3 Å². The molecule has 0 amide bonds. The molecule has 292 valence electrons. The smallest absolute Gasteiger partial charge is 0.164 e. The zero-order chi connectivity index (χ0) is 39.8. The van der Waals surface area contributed by atoms with Crippen LogP contribution in [0.2, 0.25) is 0 Å². The van der Waals surface area contributed by atoms with Gasteiger partial charge in [-0.1, -0.05) is 152 Å². The monoisotopic (exact) mass is 777 g/mol. The van der Waals surface area contributed by atoms with E-state index in [4.69, 9.17) is 19.4 Å². The van der Waals surface area contributed by atoms with E-state index in [1.54, 1.807) is 16.7 Å². The minimum atomic E-state index is 0.0298. The van der Waals surface area contributed by atoms with Crippen LogP contribution in [-0.4, -0.2) is 15.0 Å². The number of hydrogen-bond acceptors (Lipinski definition) is 4. The average molecular weight is 778 g/mol. The van der Waals surface area contributed by atoms with E-state index in [2.05, 4.69) is 134 Å². The van der Waals surface area contributed by atoms with Gasteiger partial charge in [0.05, 0.1) is 0 Å². The Bertz CT molecular complexity index is 2960. The van der Waals surface area contributed by atoms with Crippen LogP contribution in [0.1, 0.15) is 85.3 Å². The van der Waals surface area contributed by atoms with Crippen molar-refractivity contribution in [2.45, 2.75) is 69.1 Å². The third-order valence-corrected chi connectivity index (χ3v) is 14.4. The number of nitrogens with zero attached hydrogens (tertiary/aromatic N) is 3. The van der Waals surface area contributed by atoms with Gasteiger partial charge in [-0.25, -0.2) is 15.0 Å². The molecule has 5 aliphatic carbocycles. The summed E-state index contributed by atoms with van der Waals surface area (Å²) in [5.74, 6) is 5.01. The van der Waals surface area contributed by atoms with E-state index in [1.165, 1.54) is 54.4 Å². The lowest BCUT2D eigenvalue weighted by Crippen LogP contribution is -2.38. The lowest BCUT2D eigenvalue weighted by Gasteiger charge is -2.47. The molecular formula is C56H47N3O. The molecule has 1 fully saturated rings. The van der Waals surface area contributed by atoms with E-state index in [-0.39, 0.29) is 11.3 Å². The normalized spacial score (nSPS) is 23.6. The minimum absolute atomic E-state index is 0.0298. The maximum absolute atomic E-state index is 6.33. The Morgan fingerprint density at radius 1 is 0.750 bits per heavy atom. The first kappa shape index (κ1) is 35.5. The van der Waals surface area contributed by atoms with Crippen LogP contribution in [-0.2, 0) is 11.8 Å². The van der Waals surface area contributed by atoms with Gasteiger partial charge in [-0.3, -0.25) is 0 Å². The second-order valence-corrected chi connectivity index (χ2v) is 17.7. The third-order valence-electron chi connectivity index (χ3n) is 14.4. The van der Waals surface area contributed by atoms with Crippen molar-refractivity contribution in [3.8, 4) is 45.3 Å². The first-order valence-electron chi connectivity index (χ1n) is 22.1. The number of furan rings is 1. The number of hydrogen-bond donors (Lipinski definition) is 0. The van der Waals surface area contributed by atoms with Gasteiger partial charge < -0.3 is 4.42 Å². The van der Waals surface area contributed by atoms with Crippen LogP contribution >= 0.6 is 0 Å². The number of fused-ring (bicyclic) bond motifs is 11. The van der Waals surface area contributed by atoms with Gasteiger partial charge in [-0.2, -0.15) is 0 Å². The van der Waals surface area contributed by atoms with Crippen LogP contribution < -0.4 is 0 Å². The zero-order valence-corrected chi connectivity index (χ0v) is 34.0. The number of allylic oxidation sites excluding steroid dienone is 7. The topological polar surface area (TPSA) is 51.8 Å². The molecule has 1 saturated carbocycles. The Morgan fingerprint density at radius 3 is 2.42 bits per heavy atom. The third kappa shape index (κ3) is 5.60. The van der Waals surface area contributed by atoms with Crippen molar-refractivity contribution in [3.63, 3.8) is 0 Å². The second-order valence-electron chi connectivity index (χ2n) is 17.7. The summed E-state index contributed by atoms with van der Waals surface area (Å²) < 4.78 is 6.33. The maximum Gasteiger partial charge on any atom is 0.164 e. The Labute approximate surface area is 352 Å². The van der Waals surface area contributed by atoms with Gasteiger partial charge in [-0.15, -0.1) is 0 Å². The molecular weight excluding hydrogens is 731 g/mol. The van der Waals surface area contributed by atoms with E-state index < -0.39 is 0 Å². The fourth-order valence-electron chi connectivity index (χ4n) is 11.7. The average Bonchev–Trinajstić information content (AvgIpc) is 3.84. The number of rotatable bonds is 6. The van der Waals surface area contributed by atoms with Gasteiger partial charge in [0.15, 0.2) is 17.5 Å². The minimum Gasteiger partial charge on any atom is -0.456 e. The van der Waals surface area contributed by atoms with Crippen molar-refractivity contribution >= 4 is 17.0 Å². The first-order chi connectivity index (χ1) is 29.6. The summed E-state index contributed by atoms with van der Waals surface area (Å²) in [6.45, 7) is 2.37. The van der Waals surface area contributed by atoms with Gasteiger partial charge in [0.2, 0.25) is 0 Å². The van der Waals surface area contributed by atoms with Crippen LogP contribution in [0.15, 0.2) is 167 Å². The van der Waals surface area contributed by atoms with E-state index in [9.17, 15) is 0 Å². The highest BCUT2D eigenvalue weighted by Crippen LogP contribution is 2.65. The van der Waals surface area contributed by atoms with Gasteiger partial charge in [0.25, 0.3) is 0 Å². The summed E-state index contributed by atoms with van der Waals surface area (Å²) in [6, 6.07) is 43.9. The summed E-state index contributed by atoms with van der Waals surface area (Å²) in [6.07, 6.45) is 22.6. The van der Waals surface area contributed by atoms with Crippen molar-refractivity contribution in [2.24, 2.45) is 11.8 Å². The Hall–Kier alpha value is -6.39. The maximum atomic E-state index is 6.33. The Kier molecular flexibility index (Phi) is 8.37. The number of aromatic nitrogens is 3. The van der Waals surface area contributed by atoms with Crippen LogP contribution in [0.5, 0.6) is 0 Å². The highest BCUT2D eigenvalue weighted by atomic mass is 16.3. The highest BCUT2D eigenvalue weighted by molar-refractivity contribution is 5.97. The molecule has 1 spiro atoms. The molecule has 7 aromatic rings. The lowest BCUT2D eigenvalue weighted by molar-refractivity contribution is 0.270. The van der Waals surface area contributed by atoms with Crippen LogP contribution in [0.25, 0.3) is 62.3 Å². The van der Waals surface area contributed by atoms with Gasteiger partial charge in [0.1, 0.15) is 11.3 Å². The molecule has 5 atom stereocenters. The van der Waals surface area contributed by atoms with Gasteiger partial charge in [-0.05, 0) is 108 Å². The summed E-state index contributed by atoms with van der Waals surface area (Å²) in [4.78, 5) is 15.5. The standard InChI is InChI=1S/C56H47N3O/c1-2-35-30-36-28-29-56(42(31-35)32-36)47-24-8-6-20-44(47)51-43(22-12-25-48(51)56)40-18-10-16-38(33-40)39-17-11-19-41(34-39)54-57-53(37-14-4-3-5-15-37)58-55(59-54)46-23-13-27-50-52(46)45-21-7-9-26-49(45)60-50/h3-6,8-20,22-27,31,33-36,43,51H,2,7,21,28-30,32H2,1H3. The SMILES string of the molecule is CCC1C=C2CC(CCC23C2=CC=CC(c4cccc(-c5cccc(-c6nc(-c7ccccc7)nc(-c7cccc8oc9c(c78)CCC=C9)n6)c5)c4)C2c2ccccc23)C1. The van der Waals surface area contributed by atoms with Crippen molar-refractivity contribution in [1.82, 2.24) is 15.0 Å². The summed E-state index contributed by atoms with van der Waals surface area (Å²) >= 11 is 0. The fourth-order valence-corrected chi connectivity index (χ4v) is 11.7. The Balaban J connectivity index is 0.934. The first-order valence-corrected chi connectivity index (χ1v) is 22.1. The van der Waals surface area contributed by atoms with Crippen LogP contribution in [0, 0.1) is 11.8 Å². The van der Waals surface area contributed by atoms with Crippen LogP contribution in [0.3, 0.4) is 0 Å². The fraction of sp³-hybridized carbons (Fsp3) is 0.232. The molecule has 2 heterocycles. The van der Waals surface area contributed by atoms with Crippen molar-refractivity contribution < 1.29 is 4.42 Å². The molecule has 0 saturated heterocycles. The Morgan fingerprint density at radius 2 is 1.52 bits per heavy atom. The molecule has 5 aliphatic rings. The molecule has 2 aromatic heterocycles. The summed E-state index contributed by atoms with van der Waals surface area (Å²) in [7, 11) is 0. The molecule has 5 aromatic carbocycles.